The van der Waals surface area contributed by atoms with E-state index in [1.165, 1.54) is 25.1 Å². The van der Waals surface area contributed by atoms with E-state index in [-0.39, 0.29) is 5.56 Å². The van der Waals surface area contributed by atoms with Crippen molar-refractivity contribution >= 4 is 40.8 Å². The van der Waals surface area contributed by atoms with E-state index >= 15 is 0 Å². The Hall–Kier alpha value is -2.55. The second-order valence-electron chi connectivity index (χ2n) is 4.88. The fourth-order valence-corrected chi connectivity index (χ4v) is 2.35. The Morgan fingerprint density at radius 3 is 2.25 bits per heavy atom. The molecule has 0 fully saturated rings. The second-order valence-corrected chi connectivity index (χ2v) is 5.76. The lowest BCUT2D eigenvalue weighted by molar-refractivity contribution is -0.123. The molecule has 0 saturated heterocycles. The second kappa shape index (κ2) is 7.82. The van der Waals surface area contributed by atoms with Crippen LogP contribution in [0.1, 0.15) is 22.8 Å². The average Bonchev–Trinajstić information content (AvgIpc) is 2.54. The maximum Gasteiger partial charge on any atom is 0.339 e. The molecule has 0 aliphatic rings. The van der Waals surface area contributed by atoms with Gasteiger partial charge in [-0.15, -0.1) is 0 Å². The van der Waals surface area contributed by atoms with Crippen molar-refractivity contribution in [3.63, 3.8) is 0 Å². The molecule has 0 saturated carbocycles. The Kier molecular flexibility index (Phi) is 5.80. The number of amides is 1. The summed E-state index contributed by atoms with van der Waals surface area (Å²) < 4.78 is 5.10. The standard InChI is InChI=1S/C17H12Cl2N2O3/c1-10(16(22)21-15-4-2-11(9-20)3-5-15)24-17(23)12-6-13(18)8-14(19)7-12/h2-8,10H,1H3,(H,21,22)/t10-/m0/s1. The maximum atomic E-state index is 12.1. The van der Waals surface area contributed by atoms with E-state index in [9.17, 15) is 9.59 Å². The number of esters is 1. The fraction of sp³-hybridized carbons (Fsp3) is 0.118. The highest BCUT2D eigenvalue weighted by atomic mass is 35.5. The van der Waals surface area contributed by atoms with Crippen molar-refractivity contribution in [2.75, 3.05) is 5.32 Å². The molecule has 24 heavy (non-hydrogen) atoms. The van der Waals surface area contributed by atoms with Gasteiger partial charge in [0.25, 0.3) is 5.91 Å². The maximum absolute atomic E-state index is 12.1. The highest BCUT2D eigenvalue weighted by molar-refractivity contribution is 6.35. The summed E-state index contributed by atoms with van der Waals surface area (Å²) in [5, 5.41) is 11.9. The predicted octanol–water partition coefficient (Wildman–Crippen LogP) is 4.05. The molecular weight excluding hydrogens is 351 g/mol. The highest BCUT2D eigenvalue weighted by Crippen LogP contribution is 2.20. The Labute approximate surface area is 148 Å². The summed E-state index contributed by atoms with van der Waals surface area (Å²) in [6.07, 6.45) is -1.02. The smallest absolute Gasteiger partial charge is 0.339 e. The van der Waals surface area contributed by atoms with Gasteiger partial charge in [-0.2, -0.15) is 5.26 Å². The number of halogens is 2. The van der Waals surface area contributed by atoms with Crippen LogP contribution in [0.15, 0.2) is 42.5 Å². The topological polar surface area (TPSA) is 79.2 Å². The van der Waals surface area contributed by atoms with Gasteiger partial charge in [0, 0.05) is 15.7 Å². The van der Waals surface area contributed by atoms with Crippen LogP contribution in [0.2, 0.25) is 10.0 Å². The Balaban J connectivity index is 2.00. The van der Waals surface area contributed by atoms with Gasteiger partial charge >= 0.3 is 5.97 Å². The average molecular weight is 363 g/mol. The summed E-state index contributed by atoms with van der Waals surface area (Å²) in [5.41, 5.74) is 1.13. The minimum atomic E-state index is -1.02. The van der Waals surface area contributed by atoms with E-state index in [0.717, 1.165) is 0 Å². The third-order valence-electron chi connectivity index (χ3n) is 3.03. The minimum absolute atomic E-state index is 0.158. The number of nitrogens with one attached hydrogen (secondary N) is 1. The molecule has 0 unspecified atom stereocenters. The number of ether oxygens (including phenoxy) is 1. The summed E-state index contributed by atoms with van der Waals surface area (Å²) in [4.78, 5) is 24.1. The molecule has 1 amide bonds. The molecule has 7 heteroatoms. The minimum Gasteiger partial charge on any atom is -0.449 e. The van der Waals surface area contributed by atoms with Crippen molar-refractivity contribution in [1.82, 2.24) is 0 Å². The fourth-order valence-electron chi connectivity index (χ4n) is 1.83. The zero-order chi connectivity index (χ0) is 17.7. The van der Waals surface area contributed by atoms with E-state index in [0.29, 0.717) is 21.3 Å². The number of nitriles is 1. The molecule has 2 rings (SSSR count). The molecule has 2 aromatic rings. The monoisotopic (exact) mass is 362 g/mol. The van der Waals surface area contributed by atoms with Crippen LogP contribution in [0.5, 0.6) is 0 Å². The van der Waals surface area contributed by atoms with Crippen LogP contribution >= 0.6 is 23.2 Å². The third-order valence-corrected chi connectivity index (χ3v) is 3.47. The number of nitrogens with zero attached hydrogens (tertiary/aromatic N) is 1. The molecule has 0 aromatic heterocycles. The van der Waals surface area contributed by atoms with Crippen molar-refractivity contribution in [2.45, 2.75) is 13.0 Å². The molecule has 0 aliphatic heterocycles. The lowest BCUT2D eigenvalue weighted by Crippen LogP contribution is -2.30. The van der Waals surface area contributed by atoms with Gasteiger partial charge in [-0.1, -0.05) is 23.2 Å². The van der Waals surface area contributed by atoms with Gasteiger partial charge in [0.05, 0.1) is 17.2 Å². The Bertz CT molecular complexity index is 793. The molecule has 0 spiro atoms. The lowest BCUT2D eigenvalue weighted by Gasteiger charge is -2.14. The largest absolute Gasteiger partial charge is 0.449 e. The van der Waals surface area contributed by atoms with E-state index in [1.807, 2.05) is 6.07 Å². The molecular formula is C17H12Cl2N2O3. The normalized spacial score (nSPS) is 11.2. The van der Waals surface area contributed by atoms with Crippen LogP contribution in [-0.4, -0.2) is 18.0 Å². The first-order valence-electron chi connectivity index (χ1n) is 6.87. The molecule has 1 N–H and O–H groups in total. The van der Waals surface area contributed by atoms with Gasteiger partial charge < -0.3 is 10.1 Å². The molecule has 0 heterocycles. The Morgan fingerprint density at radius 2 is 1.71 bits per heavy atom. The third kappa shape index (κ3) is 4.72. The first kappa shape index (κ1) is 17.8. The summed E-state index contributed by atoms with van der Waals surface area (Å²) in [5.74, 6) is -1.21. The Morgan fingerprint density at radius 1 is 1.12 bits per heavy atom. The molecule has 5 nitrogen and oxygen atoms in total. The van der Waals surface area contributed by atoms with Gasteiger partial charge in [0.1, 0.15) is 0 Å². The van der Waals surface area contributed by atoms with Crippen molar-refractivity contribution in [3.8, 4) is 6.07 Å². The van der Waals surface area contributed by atoms with E-state index in [4.69, 9.17) is 33.2 Å². The molecule has 2 aromatic carbocycles. The molecule has 1 atom stereocenters. The quantitative estimate of drug-likeness (QED) is 0.832. The van der Waals surface area contributed by atoms with Crippen LogP contribution in [0.25, 0.3) is 0 Å². The molecule has 122 valence electrons. The zero-order valence-corrected chi connectivity index (χ0v) is 14.1. The van der Waals surface area contributed by atoms with Gasteiger partial charge in [0.15, 0.2) is 6.10 Å². The summed E-state index contributed by atoms with van der Waals surface area (Å²) in [7, 11) is 0. The summed E-state index contributed by atoms with van der Waals surface area (Å²) in [6.45, 7) is 1.45. The number of rotatable bonds is 4. The van der Waals surface area contributed by atoms with Gasteiger partial charge in [-0.05, 0) is 49.4 Å². The number of carbonyl (C=O) groups excluding carboxylic acids is 2. The van der Waals surface area contributed by atoms with E-state index in [2.05, 4.69) is 5.32 Å². The van der Waals surface area contributed by atoms with Crippen molar-refractivity contribution in [3.05, 3.63) is 63.6 Å². The van der Waals surface area contributed by atoms with Crippen LogP contribution in [0.3, 0.4) is 0 Å². The molecule has 0 bridgehead atoms. The number of anilines is 1. The number of benzene rings is 2. The van der Waals surface area contributed by atoms with Crippen molar-refractivity contribution < 1.29 is 14.3 Å². The van der Waals surface area contributed by atoms with Gasteiger partial charge in [-0.25, -0.2) is 4.79 Å². The van der Waals surface area contributed by atoms with E-state index in [1.54, 1.807) is 24.3 Å². The van der Waals surface area contributed by atoms with E-state index < -0.39 is 18.0 Å². The first-order valence-corrected chi connectivity index (χ1v) is 7.63. The first-order chi connectivity index (χ1) is 11.4. The van der Waals surface area contributed by atoms with Gasteiger partial charge in [0.2, 0.25) is 0 Å². The van der Waals surface area contributed by atoms with Crippen LogP contribution in [-0.2, 0) is 9.53 Å². The molecule has 0 radical (unpaired) electrons. The highest BCUT2D eigenvalue weighted by Gasteiger charge is 2.19. The number of hydrogen-bond acceptors (Lipinski definition) is 4. The SMILES string of the molecule is C[C@H](OC(=O)c1cc(Cl)cc(Cl)c1)C(=O)Nc1ccc(C#N)cc1. The van der Waals surface area contributed by atoms with Crippen molar-refractivity contribution in [1.29, 1.82) is 5.26 Å². The summed E-state index contributed by atoms with van der Waals surface area (Å²) >= 11 is 11.7. The number of carbonyl (C=O) groups is 2. The van der Waals surface area contributed by atoms with Crippen molar-refractivity contribution in [2.24, 2.45) is 0 Å². The van der Waals surface area contributed by atoms with Gasteiger partial charge in [-0.3, -0.25) is 4.79 Å². The molecule has 0 aliphatic carbocycles. The van der Waals surface area contributed by atoms with Crippen LogP contribution in [0, 0.1) is 11.3 Å². The number of hydrogen-bond donors (Lipinski definition) is 1. The zero-order valence-electron chi connectivity index (χ0n) is 12.5. The predicted molar refractivity (Wildman–Crippen MR) is 91.1 cm³/mol. The van der Waals surface area contributed by atoms with Crippen LogP contribution < -0.4 is 5.32 Å². The van der Waals surface area contributed by atoms with Crippen LogP contribution in [0.4, 0.5) is 5.69 Å². The summed E-state index contributed by atoms with van der Waals surface area (Å²) in [6, 6.07) is 12.6. The lowest BCUT2D eigenvalue weighted by atomic mass is 10.2.